The van der Waals surface area contributed by atoms with E-state index in [4.69, 9.17) is 0 Å². The van der Waals surface area contributed by atoms with Crippen LogP contribution in [0.3, 0.4) is 0 Å². The van der Waals surface area contributed by atoms with Crippen molar-refractivity contribution in [3.63, 3.8) is 0 Å². The normalized spacial score (nSPS) is 32.1. The zero-order valence-electron chi connectivity index (χ0n) is 18.1. The molecular formula is C23H32FN5O. The predicted molar refractivity (Wildman–Crippen MR) is 115 cm³/mol. The van der Waals surface area contributed by atoms with E-state index >= 15 is 0 Å². The molecule has 6 nitrogen and oxygen atoms in total. The van der Waals surface area contributed by atoms with E-state index in [1.54, 1.807) is 12.1 Å². The van der Waals surface area contributed by atoms with Crippen LogP contribution in [0.25, 0.3) is 0 Å². The van der Waals surface area contributed by atoms with Gasteiger partial charge in [0.05, 0.1) is 12.1 Å². The van der Waals surface area contributed by atoms with Gasteiger partial charge in [-0.2, -0.15) is 5.26 Å². The fourth-order valence-corrected chi connectivity index (χ4v) is 5.30. The Hall–Kier alpha value is -2.17. The van der Waals surface area contributed by atoms with Crippen LogP contribution in [0.5, 0.6) is 0 Å². The lowest BCUT2D eigenvalue weighted by Gasteiger charge is -2.43. The average Bonchev–Trinajstić information content (AvgIpc) is 3.35. The minimum atomic E-state index is -0.735. The number of halogens is 1. The summed E-state index contributed by atoms with van der Waals surface area (Å²) in [6.45, 7) is 6.11. The number of likely N-dealkylation sites (N-methyl/N-ethyl adjacent to an activating group) is 1. The highest BCUT2D eigenvalue weighted by molar-refractivity contribution is 5.83. The van der Waals surface area contributed by atoms with Crippen molar-refractivity contribution in [2.24, 2.45) is 5.92 Å². The van der Waals surface area contributed by atoms with Crippen molar-refractivity contribution in [2.45, 2.75) is 69.7 Å². The Morgan fingerprint density at radius 1 is 1.33 bits per heavy atom. The molecule has 162 valence electrons. The molecule has 1 amide bonds. The lowest BCUT2D eigenvalue weighted by molar-refractivity contribution is -0.124. The smallest absolute Gasteiger partial charge is 0.238 e. The Morgan fingerprint density at radius 3 is 2.77 bits per heavy atom. The molecule has 1 aromatic rings. The van der Waals surface area contributed by atoms with Crippen LogP contribution < -0.4 is 15.5 Å². The van der Waals surface area contributed by atoms with E-state index in [2.05, 4.69) is 47.4 Å². The second-order valence-electron chi connectivity index (χ2n) is 9.37. The summed E-state index contributed by atoms with van der Waals surface area (Å²) < 4.78 is 14.9. The van der Waals surface area contributed by atoms with Gasteiger partial charge in [0.2, 0.25) is 5.91 Å². The Morgan fingerprint density at radius 2 is 2.13 bits per heavy atom. The molecule has 3 aliphatic rings. The van der Waals surface area contributed by atoms with Gasteiger partial charge in [0.1, 0.15) is 11.9 Å². The number of nitriles is 1. The third kappa shape index (κ3) is 4.17. The largest absolute Gasteiger partial charge is 0.366 e. The summed E-state index contributed by atoms with van der Waals surface area (Å²) in [6, 6.07) is 7.57. The van der Waals surface area contributed by atoms with Crippen molar-refractivity contribution < 1.29 is 9.18 Å². The Kier molecular flexibility index (Phi) is 5.99. The number of benzene rings is 1. The summed E-state index contributed by atoms with van der Waals surface area (Å²) in [6.07, 6.45) is 3.39. The van der Waals surface area contributed by atoms with Crippen molar-refractivity contribution in [2.75, 3.05) is 25.0 Å². The molecule has 2 unspecified atom stereocenters. The first kappa shape index (κ1) is 21.1. The first-order valence-electron chi connectivity index (χ1n) is 11.1. The zero-order valence-corrected chi connectivity index (χ0v) is 18.1. The fraction of sp³-hybridized carbons (Fsp3) is 0.652. The number of piperazine rings is 1. The van der Waals surface area contributed by atoms with Crippen LogP contribution in [0, 0.1) is 23.1 Å². The highest BCUT2D eigenvalue weighted by Gasteiger charge is 2.43. The van der Waals surface area contributed by atoms with Gasteiger partial charge in [-0.15, -0.1) is 0 Å². The van der Waals surface area contributed by atoms with Gasteiger partial charge in [-0.25, -0.2) is 4.39 Å². The predicted octanol–water partition coefficient (Wildman–Crippen LogP) is 2.05. The van der Waals surface area contributed by atoms with E-state index in [0.29, 0.717) is 29.6 Å². The number of nitrogens with one attached hydrogen (secondary N) is 2. The Balaban J connectivity index is 1.40. The SMILES string of the molecule is CC1CN(c2ccc(C[C@@H](C#N)NC(=O)[C@H]3N[C@@H]4CC[C@H]3C4)c(F)c2)C(C)CN1C. The molecule has 30 heavy (non-hydrogen) atoms. The van der Waals surface area contributed by atoms with Crippen LogP contribution in [0.4, 0.5) is 10.1 Å². The van der Waals surface area contributed by atoms with Crippen LogP contribution in [-0.4, -0.2) is 61.2 Å². The summed E-state index contributed by atoms with van der Waals surface area (Å²) >= 11 is 0. The van der Waals surface area contributed by atoms with Gasteiger partial charge in [0.15, 0.2) is 0 Å². The second kappa shape index (κ2) is 8.52. The highest BCUT2D eigenvalue weighted by atomic mass is 19.1. The number of piperidine rings is 1. The molecule has 0 spiro atoms. The summed E-state index contributed by atoms with van der Waals surface area (Å²) in [4.78, 5) is 17.2. The number of nitrogens with zero attached hydrogens (tertiary/aromatic N) is 3. The van der Waals surface area contributed by atoms with E-state index in [9.17, 15) is 14.4 Å². The molecule has 1 aliphatic carbocycles. The number of fused-ring (bicyclic) bond motifs is 2. The number of amides is 1. The van der Waals surface area contributed by atoms with Crippen LogP contribution in [-0.2, 0) is 11.2 Å². The lowest BCUT2D eigenvalue weighted by Crippen LogP contribution is -2.55. The first-order valence-corrected chi connectivity index (χ1v) is 11.1. The maximum absolute atomic E-state index is 14.9. The molecule has 2 heterocycles. The molecule has 6 atom stereocenters. The molecule has 1 aromatic carbocycles. The third-order valence-electron chi connectivity index (χ3n) is 7.20. The molecular weight excluding hydrogens is 381 g/mol. The summed E-state index contributed by atoms with van der Waals surface area (Å²) in [5.74, 6) is -0.0943. The number of carbonyl (C=O) groups excluding carboxylic acids is 1. The van der Waals surface area contributed by atoms with E-state index < -0.39 is 6.04 Å². The molecule has 0 aromatic heterocycles. The van der Waals surface area contributed by atoms with Gasteiger partial charge in [-0.05, 0) is 63.8 Å². The monoisotopic (exact) mass is 413 g/mol. The van der Waals surface area contributed by atoms with Gasteiger partial charge in [0.25, 0.3) is 0 Å². The second-order valence-corrected chi connectivity index (χ2v) is 9.37. The summed E-state index contributed by atoms with van der Waals surface area (Å²) in [5, 5.41) is 15.7. The number of rotatable bonds is 5. The highest BCUT2D eigenvalue weighted by Crippen LogP contribution is 2.35. The van der Waals surface area contributed by atoms with Crippen LogP contribution in [0.15, 0.2) is 18.2 Å². The number of anilines is 1. The van der Waals surface area contributed by atoms with E-state index in [1.165, 1.54) is 0 Å². The van der Waals surface area contributed by atoms with Crippen LogP contribution >= 0.6 is 0 Å². The Bertz CT molecular complexity index is 839. The molecule has 1 saturated carbocycles. The van der Waals surface area contributed by atoms with Gasteiger partial charge < -0.3 is 15.5 Å². The quantitative estimate of drug-likeness (QED) is 0.773. The van der Waals surface area contributed by atoms with Crippen LogP contribution in [0.2, 0.25) is 0 Å². The summed E-state index contributed by atoms with van der Waals surface area (Å²) in [7, 11) is 2.12. The molecule has 0 radical (unpaired) electrons. The Labute approximate surface area is 178 Å². The minimum Gasteiger partial charge on any atom is -0.366 e. The molecule has 2 bridgehead atoms. The topological polar surface area (TPSA) is 71.4 Å². The van der Waals surface area contributed by atoms with Crippen molar-refractivity contribution in [3.8, 4) is 6.07 Å². The zero-order chi connectivity index (χ0) is 21.4. The maximum atomic E-state index is 14.9. The molecule has 2 N–H and O–H groups in total. The minimum absolute atomic E-state index is 0.133. The standard InChI is InChI=1S/C23H32FN5O/c1-14-13-29(15(2)12-28(14)3)20-7-5-16(21(24)10-20)8-19(11-25)27-23(30)22-17-4-6-18(9-17)26-22/h5,7,10,14-15,17-19,22,26H,4,6,8-9,12-13H2,1-3H3,(H,27,30)/t14?,15?,17-,18+,19-,22-/m0/s1. The van der Waals surface area contributed by atoms with Gasteiger partial charge in [-0.3, -0.25) is 9.69 Å². The van der Waals surface area contributed by atoms with Crippen molar-refractivity contribution in [1.82, 2.24) is 15.5 Å². The third-order valence-corrected chi connectivity index (χ3v) is 7.20. The van der Waals surface area contributed by atoms with Crippen molar-refractivity contribution >= 4 is 11.6 Å². The van der Waals surface area contributed by atoms with Gasteiger partial charge >= 0.3 is 0 Å². The maximum Gasteiger partial charge on any atom is 0.238 e. The average molecular weight is 414 g/mol. The summed E-state index contributed by atoms with van der Waals surface area (Å²) in [5.41, 5.74) is 1.33. The molecule has 7 heteroatoms. The van der Waals surface area contributed by atoms with Gasteiger partial charge in [0, 0.05) is 43.3 Å². The fourth-order valence-electron chi connectivity index (χ4n) is 5.30. The van der Waals surface area contributed by atoms with E-state index in [0.717, 1.165) is 38.0 Å². The number of hydrogen-bond donors (Lipinski definition) is 2. The van der Waals surface area contributed by atoms with Crippen LogP contribution in [0.1, 0.15) is 38.7 Å². The number of carbonyl (C=O) groups is 1. The molecule has 3 fully saturated rings. The molecule has 2 aliphatic heterocycles. The van der Waals surface area contributed by atoms with Crippen molar-refractivity contribution in [3.05, 3.63) is 29.6 Å². The lowest BCUT2D eigenvalue weighted by atomic mass is 9.98. The first-order chi connectivity index (χ1) is 14.4. The number of hydrogen-bond acceptors (Lipinski definition) is 5. The van der Waals surface area contributed by atoms with Gasteiger partial charge in [-0.1, -0.05) is 6.07 Å². The molecule has 4 rings (SSSR count). The van der Waals surface area contributed by atoms with E-state index in [-0.39, 0.29) is 24.2 Å². The van der Waals surface area contributed by atoms with Crippen molar-refractivity contribution in [1.29, 1.82) is 5.26 Å². The van der Waals surface area contributed by atoms with E-state index in [1.807, 2.05) is 6.07 Å². The molecule has 2 saturated heterocycles.